The van der Waals surface area contributed by atoms with Gasteiger partial charge in [0.1, 0.15) is 5.01 Å². The van der Waals surface area contributed by atoms with Crippen LogP contribution < -0.4 is 5.32 Å². The SMILES string of the molecule is COCCNC(c1ccc(Br)s1)c1nc(C(C)C)cs1. The molecule has 2 aromatic heterocycles. The summed E-state index contributed by atoms with van der Waals surface area (Å²) in [6.07, 6.45) is 0. The first-order valence-corrected chi connectivity index (χ1v) is 9.03. The molecule has 2 heterocycles. The van der Waals surface area contributed by atoms with E-state index in [4.69, 9.17) is 9.72 Å². The molecule has 3 nitrogen and oxygen atoms in total. The van der Waals surface area contributed by atoms with Crippen molar-refractivity contribution in [3.05, 3.63) is 36.9 Å². The molecule has 0 fully saturated rings. The molecule has 2 rings (SSSR count). The Morgan fingerprint density at radius 1 is 1.40 bits per heavy atom. The molecule has 0 aliphatic carbocycles. The third-order valence-corrected chi connectivity index (χ3v) is 5.53. The molecular weight excluding hydrogens is 356 g/mol. The number of methoxy groups -OCH3 is 1. The van der Waals surface area contributed by atoms with Crippen LogP contribution in [0.3, 0.4) is 0 Å². The highest BCUT2D eigenvalue weighted by molar-refractivity contribution is 9.11. The molecule has 0 aromatic carbocycles. The van der Waals surface area contributed by atoms with Crippen LogP contribution in [0.25, 0.3) is 0 Å². The Morgan fingerprint density at radius 2 is 2.20 bits per heavy atom. The molecule has 0 saturated carbocycles. The van der Waals surface area contributed by atoms with E-state index in [0.717, 1.165) is 15.3 Å². The van der Waals surface area contributed by atoms with E-state index < -0.39 is 0 Å². The molecule has 6 heteroatoms. The van der Waals surface area contributed by atoms with Gasteiger partial charge >= 0.3 is 0 Å². The number of nitrogens with zero attached hydrogens (tertiary/aromatic N) is 1. The summed E-state index contributed by atoms with van der Waals surface area (Å²) in [5.41, 5.74) is 1.17. The van der Waals surface area contributed by atoms with Gasteiger partial charge in [-0.25, -0.2) is 4.98 Å². The van der Waals surface area contributed by atoms with Gasteiger partial charge in [0, 0.05) is 23.9 Å². The van der Waals surface area contributed by atoms with Gasteiger partial charge in [-0.15, -0.1) is 22.7 Å². The van der Waals surface area contributed by atoms with Crippen LogP contribution in [0.1, 0.15) is 41.4 Å². The van der Waals surface area contributed by atoms with E-state index >= 15 is 0 Å². The third-order valence-electron chi connectivity index (χ3n) is 2.91. The van der Waals surface area contributed by atoms with E-state index in [9.17, 15) is 0 Å². The smallest absolute Gasteiger partial charge is 0.115 e. The molecule has 0 bridgehead atoms. The highest BCUT2D eigenvalue weighted by atomic mass is 79.9. The molecule has 110 valence electrons. The Balaban J connectivity index is 2.20. The maximum atomic E-state index is 5.13. The molecule has 0 aliphatic heterocycles. The molecule has 1 atom stereocenters. The lowest BCUT2D eigenvalue weighted by atomic mass is 10.1. The van der Waals surface area contributed by atoms with Crippen LogP contribution in [0.5, 0.6) is 0 Å². The van der Waals surface area contributed by atoms with E-state index in [2.05, 4.69) is 52.6 Å². The average molecular weight is 375 g/mol. The van der Waals surface area contributed by atoms with Gasteiger partial charge in [-0.1, -0.05) is 13.8 Å². The summed E-state index contributed by atoms with van der Waals surface area (Å²) in [6.45, 7) is 5.86. The zero-order chi connectivity index (χ0) is 14.5. The first kappa shape index (κ1) is 16.1. The number of aromatic nitrogens is 1. The molecule has 0 amide bonds. The molecule has 20 heavy (non-hydrogen) atoms. The van der Waals surface area contributed by atoms with Crippen LogP contribution in [-0.2, 0) is 4.74 Å². The Labute approximate surface area is 136 Å². The number of nitrogens with one attached hydrogen (secondary N) is 1. The fraction of sp³-hybridized carbons (Fsp3) is 0.500. The number of ether oxygens (including phenoxy) is 1. The Hall–Kier alpha value is -0.270. The number of hydrogen-bond donors (Lipinski definition) is 1. The second-order valence-electron chi connectivity index (χ2n) is 4.79. The van der Waals surface area contributed by atoms with Crippen molar-refractivity contribution in [3.8, 4) is 0 Å². The molecule has 0 radical (unpaired) electrons. The van der Waals surface area contributed by atoms with Crippen molar-refractivity contribution in [1.82, 2.24) is 10.3 Å². The van der Waals surface area contributed by atoms with E-state index in [1.54, 1.807) is 29.8 Å². The lowest BCUT2D eigenvalue weighted by Gasteiger charge is -2.14. The number of thiazole rings is 1. The molecule has 0 aliphatic rings. The van der Waals surface area contributed by atoms with Crippen molar-refractivity contribution in [2.24, 2.45) is 0 Å². The summed E-state index contributed by atoms with van der Waals surface area (Å²) < 4.78 is 6.27. The van der Waals surface area contributed by atoms with Crippen molar-refractivity contribution in [2.75, 3.05) is 20.3 Å². The number of thiophene rings is 1. The zero-order valence-corrected chi connectivity index (χ0v) is 15.1. The fourth-order valence-electron chi connectivity index (χ4n) is 1.80. The predicted molar refractivity (Wildman–Crippen MR) is 89.9 cm³/mol. The van der Waals surface area contributed by atoms with Gasteiger partial charge in [-0.05, 0) is 34.0 Å². The summed E-state index contributed by atoms with van der Waals surface area (Å²) in [6, 6.07) is 4.39. The molecule has 1 N–H and O–H groups in total. The minimum Gasteiger partial charge on any atom is -0.383 e. The largest absolute Gasteiger partial charge is 0.383 e. The zero-order valence-electron chi connectivity index (χ0n) is 11.9. The van der Waals surface area contributed by atoms with Crippen LogP contribution in [0.2, 0.25) is 0 Å². The summed E-state index contributed by atoms with van der Waals surface area (Å²) >= 11 is 7.00. The molecule has 2 aromatic rings. The summed E-state index contributed by atoms with van der Waals surface area (Å²) in [4.78, 5) is 6.06. The first-order valence-electron chi connectivity index (χ1n) is 6.54. The van der Waals surface area contributed by atoms with Crippen molar-refractivity contribution in [1.29, 1.82) is 0 Å². The Morgan fingerprint density at radius 3 is 2.75 bits per heavy atom. The van der Waals surface area contributed by atoms with Crippen LogP contribution >= 0.6 is 38.6 Å². The summed E-state index contributed by atoms with van der Waals surface area (Å²) in [5.74, 6) is 0.467. The number of halogens is 1. The summed E-state index contributed by atoms with van der Waals surface area (Å²) in [5, 5.41) is 6.82. The lowest BCUT2D eigenvalue weighted by molar-refractivity contribution is 0.197. The van der Waals surface area contributed by atoms with Gasteiger partial charge in [-0.2, -0.15) is 0 Å². The minimum absolute atomic E-state index is 0.152. The molecule has 1 unspecified atom stereocenters. The standard InChI is InChI=1S/C14H19BrN2OS2/c1-9(2)10-8-19-14(17-10)13(16-6-7-18-3)11-4-5-12(15)20-11/h4-5,8-9,13,16H,6-7H2,1-3H3. The van der Waals surface area contributed by atoms with Gasteiger partial charge < -0.3 is 10.1 Å². The second-order valence-corrected chi connectivity index (χ2v) is 8.17. The van der Waals surface area contributed by atoms with E-state index in [-0.39, 0.29) is 6.04 Å². The van der Waals surface area contributed by atoms with Gasteiger partial charge in [0.15, 0.2) is 0 Å². The van der Waals surface area contributed by atoms with Gasteiger partial charge in [-0.3, -0.25) is 0 Å². The summed E-state index contributed by atoms with van der Waals surface area (Å²) in [7, 11) is 1.72. The maximum absolute atomic E-state index is 5.13. The van der Waals surface area contributed by atoms with E-state index in [1.165, 1.54) is 10.6 Å². The Bertz CT molecular complexity index is 539. The predicted octanol–water partition coefficient (Wildman–Crippen LogP) is 4.42. The van der Waals surface area contributed by atoms with Gasteiger partial charge in [0.05, 0.1) is 22.1 Å². The highest BCUT2D eigenvalue weighted by Gasteiger charge is 2.19. The second kappa shape index (κ2) is 7.66. The average Bonchev–Trinajstić information content (AvgIpc) is 3.04. The van der Waals surface area contributed by atoms with Crippen molar-refractivity contribution in [2.45, 2.75) is 25.8 Å². The van der Waals surface area contributed by atoms with Crippen LogP contribution in [0, 0.1) is 0 Å². The lowest BCUT2D eigenvalue weighted by Crippen LogP contribution is -2.25. The van der Waals surface area contributed by atoms with Crippen molar-refractivity contribution < 1.29 is 4.74 Å². The molecule has 0 spiro atoms. The quantitative estimate of drug-likeness (QED) is 0.728. The third kappa shape index (κ3) is 4.11. The van der Waals surface area contributed by atoms with Crippen molar-refractivity contribution >= 4 is 38.6 Å². The molecular formula is C14H19BrN2OS2. The number of rotatable bonds is 7. The normalized spacial score (nSPS) is 13.1. The topological polar surface area (TPSA) is 34.1 Å². The fourth-order valence-corrected chi connectivity index (χ4v) is 4.45. The Kier molecular flexibility index (Phi) is 6.17. The van der Waals surface area contributed by atoms with Crippen molar-refractivity contribution in [3.63, 3.8) is 0 Å². The van der Waals surface area contributed by atoms with Gasteiger partial charge in [0.25, 0.3) is 0 Å². The van der Waals surface area contributed by atoms with Crippen LogP contribution in [0.4, 0.5) is 0 Å². The monoisotopic (exact) mass is 374 g/mol. The van der Waals surface area contributed by atoms with E-state index in [1.807, 2.05) is 0 Å². The maximum Gasteiger partial charge on any atom is 0.115 e. The minimum atomic E-state index is 0.152. The van der Waals surface area contributed by atoms with Crippen LogP contribution in [-0.4, -0.2) is 25.2 Å². The van der Waals surface area contributed by atoms with Crippen LogP contribution in [0.15, 0.2) is 21.3 Å². The number of hydrogen-bond acceptors (Lipinski definition) is 5. The highest BCUT2D eigenvalue weighted by Crippen LogP contribution is 2.33. The van der Waals surface area contributed by atoms with E-state index in [0.29, 0.717) is 12.5 Å². The van der Waals surface area contributed by atoms with Gasteiger partial charge in [0.2, 0.25) is 0 Å². The first-order chi connectivity index (χ1) is 9.61. The molecule has 0 saturated heterocycles.